The number of rotatable bonds is 2. The molecule has 0 amide bonds. The average molecular weight is 267 g/mol. The van der Waals surface area contributed by atoms with E-state index in [1.54, 1.807) is 6.92 Å². The Morgan fingerprint density at radius 1 is 1.56 bits per heavy atom. The van der Waals surface area contributed by atoms with E-state index in [0.29, 0.717) is 19.8 Å². The number of hydrogen-bond donors (Lipinski definition) is 0. The minimum atomic E-state index is -3.55. The van der Waals surface area contributed by atoms with Crippen molar-refractivity contribution in [2.75, 3.05) is 19.8 Å². The lowest BCUT2D eigenvalue weighted by Gasteiger charge is -2.32. The average Bonchev–Trinajstić information content (AvgIpc) is 2.39. The second-order valence-corrected chi connectivity index (χ2v) is 5.92. The van der Waals surface area contributed by atoms with Crippen molar-refractivity contribution in [3.05, 3.63) is 24.0 Å². The molecule has 6 nitrogen and oxygen atoms in total. The van der Waals surface area contributed by atoms with E-state index in [4.69, 9.17) is 10.00 Å². The van der Waals surface area contributed by atoms with Crippen LogP contribution in [0.5, 0.6) is 0 Å². The van der Waals surface area contributed by atoms with Crippen LogP contribution in [0.25, 0.3) is 0 Å². The molecule has 0 bridgehead atoms. The molecule has 1 aliphatic heterocycles. The van der Waals surface area contributed by atoms with Gasteiger partial charge in [0.2, 0.25) is 10.0 Å². The van der Waals surface area contributed by atoms with Gasteiger partial charge in [0.1, 0.15) is 16.7 Å². The van der Waals surface area contributed by atoms with Crippen LogP contribution >= 0.6 is 0 Å². The number of nitrogens with zero attached hydrogens (tertiary/aromatic N) is 3. The second-order valence-electron chi connectivity index (χ2n) is 4.03. The minimum Gasteiger partial charge on any atom is -0.378 e. The van der Waals surface area contributed by atoms with Gasteiger partial charge in [-0.3, -0.25) is 0 Å². The van der Waals surface area contributed by atoms with Gasteiger partial charge in [-0.05, 0) is 19.1 Å². The van der Waals surface area contributed by atoms with Crippen molar-refractivity contribution in [2.24, 2.45) is 0 Å². The Labute approximate surface area is 106 Å². The Hall–Kier alpha value is -1.49. The van der Waals surface area contributed by atoms with E-state index in [-0.39, 0.29) is 16.6 Å². The summed E-state index contributed by atoms with van der Waals surface area (Å²) < 4.78 is 31.3. The molecule has 2 rings (SSSR count). The quantitative estimate of drug-likeness (QED) is 0.772. The molecule has 1 aromatic rings. The predicted molar refractivity (Wildman–Crippen MR) is 63.1 cm³/mol. The molecule has 0 aromatic carbocycles. The van der Waals surface area contributed by atoms with Crippen molar-refractivity contribution in [1.29, 1.82) is 5.26 Å². The molecule has 1 aliphatic rings. The van der Waals surface area contributed by atoms with Gasteiger partial charge in [-0.2, -0.15) is 9.57 Å². The summed E-state index contributed by atoms with van der Waals surface area (Å²) in [6.45, 7) is 2.92. The topological polar surface area (TPSA) is 83.3 Å². The first-order valence-electron chi connectivity index (χ1n) is 5.51. The zero-order valence-corrected chi connectivity index (χ0v) is 10.7. The first kappa shape index (κ1) is 13.0. The van der Waals surface area contributed by atoms with Crippen molar-refractivity contribution >= 4 is 10.0 Å². The van der Waals surface area contributed by atoms with Crippen molar-refractivity contribution in [3.63, 3.8) is 0 Å². The van der Waals surface area contributed by atoms with Gasteiger partial charge in [-0.15, -0.1) is 0 Å². The molecule has 1 atom stereocenters. The summed E-state index contributed by atoms with van der Waals surface area (Å²) in [5.41, 5.74) is 0.198. The van der Waals surface area contributed by atoms with Gasteiger partial charge < -0.3 is 4.74 Å². The molecule has 7 heteroatoms. The molecule has 0 N–H and O–H groups in total. The second kappa shape index (κ2) is 5.02. The van der Waals surface area contributed by atoms with E-state index in [1.807, 2.05) is 6.07 Å². The van der Waals surface area contributed by atoms with Crippen molar-refractivity contribution < 1.29 is 13.2 Å². The zero-order chi connectivity index (χ0) is 13.2. The van der Waals surface area contributed by atoms with Gasteiger partial charge in [0.05, 0.1) is 13.2 Å². The van der Waals surface area contributed by atoms with Gasteiger partial charge >= 0.3 is 0 Å². The molecule has 0 spiro atoms. The minimum absolute atomic E-state index is 0.107. The Bertz CT molecular complexity index is 562. The molecule has 0 aliphatic carbocycles. The van der Waals surface area contributed by atoms with Gasteiger partial charge in [-0.1, -0.05) is 0 Å². The van der Waals surface area contributed by atoms with Crippen LogP contribution < -0.4 is 0 Å². The highest BCUT2D eigenvalue weighted by molar-refractivity contribution is 7.89. The molecule has 1 fully saturated rings. The number of ether oxygens (including phenoxy) is 1. The van der Waals surface area contributed by atoms with Crippen LogP contribution in [0.15, 0.2) is 23.2 Å². The Morgan fingerprint density at radius 2 is 2.33 bits per heavy atom. The van der Waals surface area contributed by atoms with Crippen LogP contribution in [0, 0.1) is 11.3 Å². The maximum Gasteiger partial charge on any atom is 0.245 e. The number of hydrogen-bond acceptors (Lipinski definition) is 5. The molecular formula is C11H13N3O3S. The molecule has 96 valence electrons. The first-order valence-corrected chi connectivity index (χ1v) is 6.95. The van der Waals surface area contributed by atoms with E-state index < -0.39 is 10.0 Å². The smallest absolute Gasteiger partial charge is 0.245 e. The molecule has 1 saturated heterocycles. The van der Waals surface area contributed by atoms with E-state index in [2.05, 4.69) is 4.98 Å². The maximum atomic E-state index is 12.3. The lowest BCUT2D eigenvalue weighted by molar-refractivity contribution is 0.0392. The number of morpholine rings is 1. The normalized spacial score (nSPS) is 21.4. The van der Waals surface area contributed by atoms with Gasteiger partial charge in [0.15, 0.2) is 0 Å². The van der Waals surface area contributed by atoms with Gasteiger partial charge in [0, 0.05) is 18.8 Å². The third-order valence-electron chi connectivity index (χ3n) is 2.76. The summed E-state index contributed by atoms with van der Waals surface area (Å²) in [4.78, 5) is 3.89. The SMILES string of the molecule is CC1COCCN1S(=O)(=O)c1ccc(C#N)nc1. The number of nitriles is 1. The predicted octanol–water partition coefficient (Wildman–Crippen LogP) is 0.363. The van der Waals surface area contributed by atoms with E-state index in [9.17, 15) is 8.42 Å². The van der Waals surface area contributed by atoms with Crippen molar-refractivity contribution in [3.8, 4) is 6.07 Å². The largest absolute Gasteiger partial charge is 0.378 e. The summed E-state index contributed by atoms with van der Waals surface area (Å²) >= 11 is 0. The molecule has 1 unspecified atom stereocenters. The number of aromatic nitrogens is 1. The van der Waals surface area contributed by atoms with E-state index in [0.717, 1.165) is 0 Å². The van der Waals surface area contributed by atoms with Crippen LogP contribution in [-0.4, -0.2) is 43.5 Å². The third-order valence-corrected chi connectivity index (χ3v) is 4.76. The van der Waals surface area contributed by atoms with Crippen LogP contribution in [0.4, 0.5) is 0 Å². The Kier molecular flexibility index (Phi) is 3.61. The Morgan fingerprint density at radius 3 is 2.89 bits per heavy atom. The summed E-state index contributed by atoms with van der Waals surface area (Å²) in [6, 6.07) is 4.47. The fourth-order valence-electron chi connectivity index (χ4n) is 1.80. The molecule has 2 heterocycles. The number of pyridine rings is 1. The highest BCUT2D eigenvalue weighted by Gasteiger charge is 2.31. The summed E-state index contributed by atoms with van der Waals surface area (Å²) in [7, 11) is -3.55. The standard InChI is InChI=1S/C11H13N3O3S/c1-9-8-17-5-4-14(9)18(15,16)11-3-2-10(6-12)13-7-11/h2-3,7,9H,4-5,8H2,1H3. The monoisotopic (exact) mass is 267 g/mol. The van der Waals surface area contributed by atoms with Gasteiger partial charge in [-0.25, -0.2) is 13.4 Å². The first-order chi connectivity index (χ1) is 8.55. The summed E-state index contributed by atoms with van der Waals surface area (Å²) in [6.07, 6.45) is 1.22. The van der Waals surface area contributed by atoms with Crippen molar-refractivity contribution in [1.82, 2.24) is 9.29 Å². The van der Waals surface area contributed by atoms with Crippen molar-refractivity contribution in [2.45, 2.75) is 17.9 Å². The number of sulfonamides is 1. The summed E-state index contributed by atoms with van der Waals surface area (Å²) in [5, 5.41) is 8.63. The fourth-order valence-corrected chi connectivity index (χ4v) is 3.35. The van der Waals surface area contributed by atoms with E-state index in [1.165, 1.54) is 22.6 Å². The molecule has 1 aromatic heterocycles. The lowest BCUT2D eigenvalue weighted by atomic mass is 10.3. The highest BCUT2D eigenvalue weighted by atomic mass is 32.2. The van der Waals surface area contributed by atoms with Crippen LogP contribution in [0.1, 0.15) is 12.6 Å². The van der Waals surface area contributed by atoms with Crippen LogP contribution in [0.3, 0.4) is 0 Å². The Balaban J connectivity index is 2.32. The van der Waals surface area contributed by atoms with Crippen LogP contribution in [0.2, 0.25) is 0 Å². The van der Waals surface area contributed by atoms with Crippen LogP contribution in [-0.2, 0) is 14.8 Å². The molecule has 18 heavy (non-hydrogen) atoms. The zero-order valence-electron chi connectivity index (χ0n) is 9.91. The van der Waals surface area contributed by atoms with Gasteiger partial charge in [0.25, 0.3) is 0 Å². The fraction of sp³-hybridized carbons (Fsp3) is 0.455. The third kappa shape index (κ3) is 2.36. The molecular weight excluding hydrogens is 254 g/mol. The van der Waals surface area contributed by atoms with E-state index >= 15 is 0 Å². The molecule has 0 radical (unpaired) electrons. The summed E-state index contributed by atoms with van der Waals surface area (Å²) in [5.74, 6) is 0. The molecule has 0 saturated carbocycles. The lowest BCUT2D eigenvalue weighted by Crippen LogP contribution is -2.46. The maximum absolute atomic E-state index is 12.3. The highest BCUT2D eigenvalue weighted by Crippen LogP contribution is 2.19.